The third kappa shape index (κ3) is 8.00. The van der Waals surface area contributed by atoms with E-state index in [2.05, 4.69) is 77.8 Å². The van der Waals surface area contributed by atoms with Crippen LogP contribution in [0.4, 0.5) is 0 Å². The van der Waals surface area contributed by atoms with Crippen molar-refractivity contribution >= 4 is 11.8 Å². The first kappa shape index (κ1) is 19.0. The predicted octanol–water partition coefficient (Wildman–Crippen LogP) is 4.42. The monoisotopic (exact) mass is 342 g/mol. The van der Waals surface area contributed by atoms with Gasteiger partial charge in [0, 0.05) is 31.9 Å². The zero-order valence-electron chi connectivity index (χ0n) is 14.8. The Bertz CT molecular complexity index is 489. The second-order valence-corrected chi connectivity index (χ2v) is 7.38. The SMILES string of the molecule is CCSCCNCCCN(Cc1ccccc1)Cc1ccccc1. The molecule has 0 spiro atoms. The maximum atomic E-state index is 3.56. The second-order valence-electron chi connectivity index (χ2n) is 5.98. The van der Waals surface area contributed by atoms with Crippen LogP contribution in [0, 0.1) is 0 Å². The molecular formula is C21H30N2S. The molecule has 0 aliphatic carbocycles. The van der Waals surface area contributed by atoms with Crippen molar-refractivity contribution in [2.45, 2.75) is 26.4 Å². The average molecular weight is 343 g/mol. The van der Waals surface area contributed by atoms with Crippen LogP contribution in [0.25, 0.3) is 0 Å². The van der Waals surface area contributed by atoms with Crippen molar-refractivity contribution in [1.82, 2.24) is 10.2 Å². The highest BCUT2D eigenvalue weighted by molar-refractivity contribution is 7.99. The maximum absolute atomic E-state index is 3.56. The predicted molar refractivity (Wildman–Crippen MR) is 107 cm³/mol. The molecule has 2 aromatic rings. The highest BCUT2D eigenvalue weighted by Crippen LogP contribution is 2.10. The van der Waals surface area contributed by atoms with Gasteiger partial charge in [0.2, 0.25) is 0 Å². The van der Waals surface area contributed by atoms with Gasteiger partial charge >= 0.3 is 0 Å². The van der Waals surface area contributed by atoms with Crippen LogP contribution in [0.15, 0.2) is 60.7 Å². The second kappa shape index (κ2) is 12.1. The number of nitrogens with zero attached hydrogens (tertiary/aromatic N) is 1. The van der Waals surface area contributed by atoms with Gasteiger partial charge in [-0.2, -0.15) is 11.8 Å². The van der Waals surface area contributed by atoms with Gasteiger partial charge in [-0.3, -0.25) is 4.90 Å². The molecule has 2 nitrogen and oxygen atoms in total. The van der Waals surface area contributed by atoms with E-state index < -0.39 is 0 Å². The van der Waals surface area contributed by atoms with E-state index >= 15 is 0 Å². The standard InChI is InChI=1S/C21H30N2S/c1-2-24-17-15-22-14-9-16-23(18-20-10-5-3-6-11-20)19-21-12-7-4-8-13-21/h3-8,10-13,22H,2,9,14-19H2,1H3. The zero-order chi connectivity index (χ0) is 16.9. The number of thioether (sulfide) groups is 1. The lowest BCUT2D eigenvalue weighted by Crippen LogP contribution is -2.27. The molecule has 1 N–H and O–H groups in total. The van der Waals surface area contributed by atoms with Crippen molar-refractivity contribution in [1.29, 1.82) is 0 Å². The van der Waals surface area contributed by atoms with Gasteiger partial charge in [-0.15, -0.1) is 0 Å². The Labute approximate surface area is 151 Å². The Morgan fingerprint density at radius 2 is 1.42 bits per heavy atom. The molecule has 130 valence electrons. The molecule has 24 heavy (non-hydrogen) atoms. The summed E-state index contributed by atoms with van der Waals surface area (Å²) in [5.74, 6) is 2.43. The quantitative estimate of drug-likeness (QED) is 0.575. The van der Waals surface area contributed by atoms with Crippen LogP contribution in [0.3, 0.4) is 0 Å². The third-order valence-corrected chi connectivity index (χ3v) is 4.85. The lowest BCUT2D eigenvalue weighted by molar-refractivity contribution is 0.252. The first-order chi connectivity index (χ1) is 11.9. The molecule has 0 fully saturated rings. The minimum atomic E-state index is 1.02. The Morgan fingerprint density at radius 1 is 0.833 bits per heavy atom. The summed E-state index contributed by atoms with van der Waals surface area (Å²) in [4.78, 5) is 2.55. The molecule has 0 unspecified atom stereocenters. The lowest BCUT2D eigenvalue weighted by atomic mass is 10.1. The van der Waals surface area contributed by atoms with Crippen molar-refractivity contribution in [3.8, 4) is 0 Å². The van der Waals surface area contributed by atoms with E-state index in [0.29, 0.717) is 0 Å². The van der Waals surface area contributed by atoms with Crippen molar-refractivity contribution in [3.05, 3.63) is 71.8 Å². The van der Waals surface area contributed by atoms with E-state index in [9.17, 15) is 0 Å². The molecule has 0 aromatic heterocycles. The van der Waals surface area contributed by atoms with Crippen molar-refractivity contribution in [2.24, 2.45) is 0 Å². The topological polar surface area (TPSA) is 15.3 Å². The van der Waals surface area contributed by atoms with Crippen LogP contribution >= 0.6 is 11.8 Å². The number of hydrogen-bond acceptors (Lipinski definition) is 3. The lowest BCUT2D eigenvalue weighted by Gasteiger charge is -2.23. The van der Waals surface area contributed by atoms with E-state index in [1.54, 1.807) is 0 Å². The fourth-order valence-electron chi connectivity index (χ4n) is 2.74. The summed E-state index contributed by atoms with van der Waals surface area (Å²) >= 11 is 2.00. The Kier molecular flexibility index (Phi) is 9.62. The summed E-state index contributed by atoms with van der Waals surface area (Å²) in [6.07, 6.45) is 1.19. The van der Waals surface area contributed by atoms with Crippen molar-refractivity contribution < 1.29 is 0 Å². The Balaban J connectivity index is 1.79. The molecule has 2 rings (SSSR count). The fraction of sp³-hybridized carbons (Fsp3) is 0.429. The summed E-state index contributed by atoms with van der Waals surface area (Å²) in [5, 5.41) is 3.56. The largest absolute Gasteiger partial charge is 0.316 e. The van der Waals surface area contributed by atoms with Crippen LogP contribution in [-0.4, -0.2) is 36.0 Å². The van der Waals surface area contributed by atoms with E-state index in [1.165, 1.54) is 29.1 Å². The smallest absolute Gasteiger partial charge is 0.0237 e. The van der Waals surface area contributed by atoms with Gasteiger partial charge in [0.15, 0.2) is 0 Å². The molecule has 3 heteroatoms. The van der Waals surface area contributed by atoms with Crippen molar-refractivity contribution in [3.63, 3.8) is 0 Å². The first-order valence-electron chi connectivity index (χ1n) is 8.97. The highest BCUT2D eigenvalue weighted by atomic mass is 32.2. The molecule has 0 saturated heterocycles. The van der Waals surface area contributed by atoms with E-state index in [-0.39, 0.29) is 0 Å². The van der Waals surface area contributed by atoms with Gasteiger partial charge in [0.25, 0.3) is 0 Å². The van der Waals surface area contributed by atoms with E-state index in [0.717, 1.165) is 32.7 Å². The highest BCUT2D eigenvalue weighted by Gasteiger charge is 2.07. The zero-order valence-corrected chi connectivity index (χ0v) is 15.6. The van der Waals surface area contributed by atoms with Crippen LogP contribution in [0.5, 0.6) is 0 Å². The van der Waals surface area contributed by atoms with Gasteiger partial charge in [0.1, 0.15) is 0 Å². The molecule has 0 aliphatic rings. The molecule has 2 aromatic carbocycles. The summed E-state index contributed by atoms with van der Waals surface area (Å²) in [5.41, 5.74) is 2.78. The van der Waals surface area contributed by atoms with Gasteiger partial charge in [-0.25, -0.2) is 0 Å². The molecule has 0 radical (unpaired) electrons. The Hall–Kier alpha value is -1.29. The van der Waals surface area contributed by atoms with Gasteiger partial charge in [-0.1, -0.05) is 67.6 Å². The van der Waals surface area contributed by atoms with Gasteiger partial charge in [-0.05, 0) is 29.8 Å². The molecule has 0 bridgehead atoms. The number of rotatable bonds is 12. The number of nitrogens with one attached hydrogen (secondary N) is 1. The molecule has 0 amide bonds. The Morgan fingerprint density at radius 3 is 1.96 bits per heavy atom. The first-order valence-corrected chi connectivity index (χ1v) is 10.1. The molecule has 0 saturated carbocycles. The molecule has 0 heterocycles. The van der Waals surface area contributed by atoms with Crippen LogP contribution in [0.1, 0.15) is 24.5 Å². The summed E-state index contributed by atoms with van der Waals surface area (Å²) in [6.45, 7) is 7.59. The van der Waals surface area contributed by atoms with Crippen molar-refractivity contribution in [2.75, 3.05) is 31.1 Å². The summed E-state index contributed by atoms with van der Waals surface area (Å²) in [6, 6.07) is 21.6. The molecular weight excluding hydrogens is 312 g/mol. The van der Waals surface area contributed by atoms with Gasteiger partial charge in [0.05, 0.1) is 0 Å². The molecule has 0 atom stereocenters. The summed E-state index contributed by atoms with van der Waals surface area (Å²) in [7, 11) is 0. The maximum Gasteiger partial charge on any atom is 0.0237 e. The fourth-order valence-corrected chi connectivity index (χ4v) is 3.32. The van der Waals surface area contributed by atoms with Gasteiger partial charge < -0.3 is 5.32 Å². The average Bonchev–Trinajstić information content (AvgIpc) is 2.62. The number of benzene rings is 2. The van der Waals surface area contributed by atoms with E-state index in [4.69, 9.17) is 0 Å². The minimum absolute atomic E-state index is 1.02. The summed E-state index contributed by atoms with van der Waals surface area (Å²) < 4.78 is 0. The minimum Gasteiger partial charge on any atom is -0.316 e. The van der Waals surface area contributed by atoms with E-state index in [1.807, 2.05) is 11.8 Å². The van der Waals surface area contributed by atoms with Crippen LogP contribution in [0.2, 0.25) is 0 Å². The van der Waals surface area contributed by atoms with Crippen LogP contribution in [-0.2, 0) is 13.1 Å². The number of hydrogen-bond donors (Lipinski definition) is 1. The third-order valence-electron chi connectivity index (χ3n) is 3.95. The molecule has 0 aliphatic heterocycles. The van der Waals surface area contributed by atoms with Crippen LogP contribution < -0.4 is 5.32 Å². The normalized spacial score (nSPS) is 11.1.